The zero-order chi connectivity index (χ0) is 21.4. The fraction of sp³-hybridized carbons (Fsp3) is 0.167. The molecule has 1 saturated heterocycles. The minimum Gasteiger partial charge on any atom is -0.467 e. The number of nitrogens with one attached hydrogen (secondary N) is 1. The average molecular weight is 450 g/mol. The van der Waals surface area contributed by atoms with Gasteiger partial charge >= 0.3 is 0 Å². The smallest absolute Gasteiger partial charge is 0.170 e. The van der Waals surface area contributed by atoms with Crippen molar-refractivity contribution in [3.05, 3.63) is 101 Å². The van der Waals surface area contributed by atoms with E-state index in [1.165, 1.54) is 0 Å². The number of furan rings is 2. The fourth-order valence-corrected chi connectivity index (χ4v) is 4.47. The second-order valence-corrected chi connectivity index (χ2v) is 8.24. The quantitative estimate of drug-likeness (QED) is 0.373. The molecule has 3 aromatic heterocycles. The predicted octanol–water partition coefficient (Wildman–Crippen LogP) is 6.07. The molecule has 1 N–H and O–H groups in total. The molecule has 0 unspecified atom stereocenters. The molecule has 1 aromatic carbocycles. The Balaban J connectivity index is 1.56. The van der Waals surface area contributed by atoms with Crippen LogP contribution in [-0.4, -0.2) is 15.0 Å². The van der Waals surface area contributed by atoms with Gasteiger partial charge in [-0.1, -0.05) is 29.8 Å². The third-order valence-electron chi connectivity index (χ3n) is 5.56. The highest BCUT2D eigenvalue weighted by molar-refractivity contribution is 7.80. The van der Waals surface area contributed by atoms with Crippen LogP contribution in [0.3, 0.4) is 0 Å². The maximum Gasteiger partial charge on any atom is 0.170 e. The van der Waals surface area contributed by atoms with Crippen molar-refractivity contribution in [3.63, 3.8) is 0 Å². The summed E-state index contributed by atoms with van der Waals surface area (Å²) in [5, 5.41) is 4.77. The van der Waals surface area contributed by atoms with Crippen LogP contribution in [0.1, 0.15) is 34.9 Å². The topological polar surface area (TPSA) is 54.4 Å². The Morgan fingerprint density at radius 3 is 2.77 bits per heavy atom. The molecular weight excluding hydrogens is 430 g/mol. The van der Waals surface area contributed by atoms with Crippen LogP contribution < -0.4 is 5.32 Å². The third kappa shape index (κ3) is 3.73. The summed E-state index contributed by atoms with van der Waals surface area (Å²) in [6, 6.07) is 19.2. The molecule has 5 rings (SSSR count). The Labute approximate surface area is 190 Å². The number of benzene rings is 1. The second-order valence-electron chi connectivity index (χ2n) is 7.45. The maximum atomic E-state index is 6.38. The van der Waals surface area contributed by atoms with Gasteiger partial charge in [0.1, 0.15) is 23.3 Å². The predicted molar refractivity (Wildman–Crippen MR) is 124 cm³/mol. The van der Waals surface area contributed by atoms with Crippen molar-refractivity contribution in [2.24, 2.45) is 0 Å². The molecule has 4 heterocycles. The van der Waals surface area contributed by atoms with E-state index in [1.54, 1.807) is 12.5 Å². The minimum absolute atomic E-state index is 0.150. The monoisotopic (exact) mass is 449 g/mol. The van der Waals surface area contributed by atoms with Gasteiger partial charge in [0, 0.05) is 16.8 Å². The van der Waals surface area contributed by atoms with Crippen LogP contribution in [0.15, 0.2) is 82.0 Å². The average Bonchev–Trinajstić information content (AvgIpc) is 3.52. The molecule has 156 valence electrons. The Morgan fingerprint density at radius 2 is 2.00 bits per heavy atom. The number of pyridine rings is 1. The summed E-state index contributed by atoms with van der Waals surface area (Å²) in [7, 11) is 0. The summed E-state index contributed by atoms with van der Waals surface area (Å²) in [6.07, 6.45) is 3.45. The van der Waals surface area contributed by atoms with E-state index >= 15 is 0 Å². The van der Waals surface area contributed by atoms with E-state index in [2.05, 4.69) is 15.2 Å². The van der Waals surface area contributed by atoms with Gasteiger partial charge in [0.2, 0.25) is 0 Å². The van der Waals surface area contributed by atoms with Gasteiger partial charge in [-0.05, 0) is 67.2 Å². The van der Waals surface area contributed by atoms with E-state index in [-0.39, 0.29) is 12.1 Å². The summed E-state index contributed by atoms with van der Waals surface area (Å²) >= 11 is 12.0. The first-order chi connectivity index (χ1) is 15.1. The number of aromatic nitrogens is 1. The first-order valence-corrected chi connectivity index (χ1v) is 10.8. The molecule has 0 bridgehead atoms. The Bertz CT molecular complexity index is 1210. The number of hydrogen-bond acceptors (Lipinski definition) is 4. The highest BCUT2D eigenvalue weighted by Crippen LogP contribution is 2.41. The number of nitrogens with zero attached hydrogens (tertiary/aromatic N) is 2. The number of thiocarbonyl (C=S) groups is 1. The second kappa shape index (κ2) is 8.21. The van der Waals surface area contributed by atoms with Gasteiger partial charge < -0.3 is 19.1 Å². The lowest BCUT2D eigenvalue weighted by molar-refractivity contribution is 0.253. The first-order valence-electron chi connectivity index (χ1n) is 9.97. The summed E-state index contributed by atoms with van der Waals surface area (Å²) in [5.74, 6) is 2.39. The van der Waals surface area contributed by atoms with E-state index in [9.17, 15) is 0 Å². The molecule has 0 spiro atoms. The van der Waals surface area contributed by atoms with Crippen LogP contribution in [0.25, 0.3) is 11.3 Å². The molecule has 0 aliphatic carbocycles. The van der Waals surface area contributed by atoms with Gasteiger partial charge in [-0.15, -0.1) is 0 Å². The molecular formula is C24H20ClN3O2S. The Kier molecular flexibility index (Phi) is 5.26. The van der Waals surface area contributed by atoms with Crippen LogP contribution in [0.4, 0.5) is 0 Å². The number of hydrogen-bond donors (Lipinski definition) is 1. The number of rotatable bonds is 5. The molecule has 31 heavy (non-hydrogen) atoms. The Hall–Kier alpha value is -3.09. The molecule has 4 aromatic rings. The molecule has 1 fully saturated rings. The molecule has 0 amide bonds. The minimum atomic E-state index is -0.180. The molecule has 1 aliphatic heterocycles. The highest BCUT2D eigenvalue weighted by Gasteiger charge is 2.42. The summed E-state index contributed by atoms with van der Waals surface area (Å²) in [4.78, 5) is 6.65. The van der Waals surface area contributed by atoms with Crippen molar-refractivity contribution in [3.8, 4) is 11.3 Å². The first kappa shape index (κ1) is 19.8. The van der Waals surface area contributed by atoms with Crippen LogP contribution in [0.5, 0.6) is 0 Å². The molecule has 0 radical (unpaired) electrons. The summed E-state index contributed by atoms with van der Waals surface area (Å²) < 4.78 is 12.0. The van der Waals surface area contributed by atoms with Crippen molar-refractivity contribution in [2.75, 3.05) is 0 Å². The van der Waals surface area contributed by atoms with Crippen LogP contribution >= 0.6 is 23.8 Å². The largest absolute Gasteiger partial charge is 0.467 e. The van der Waals surface area contributed by atoms with Crippen molar-refractivity contribution >= 4 is 28.9 Å². The van der Waals surface area contributed by atoms with E-state index < -0.39 is 0 Å². The fourth-order valence-electron chi connectivity index (χ4n) is 3.99. The zero-order valence-electron chi connectivity index (χ0n) is 16.8. The lowest BCUT2D eigenvalue weighted by atomic mass is 10.0. The van der Waals surface area contributed by atoms with Crippen molar-refractivity contribution < 1.29 is 8.83 Å². The number of halogens is 1. The SMILES string of the molecule is Cc1c(Cl)cccc1-c1ccc([C@H]2[C@@H](c3ccccn3)NC(=S)N2Cc2ccco2)o1. The summed E-state index contributed by atoms with van der Waals surface area (Å²) in [5.41, 5.74) is 2.85. The zero-order valence-corrected chi connectivity index (χ0v) is 18.4. The van der Waals surface area contributed by atoms with E-state index in [0.717, 1.165) is 34.1 Å². The normalized spacial score (nSPS) is 18.4. The molecule has 2 atom stereocenters. The van der Waals surface area contributed by atoms with Crippen molar-refractivity contribution in [1.29, 1.82) is 0 Å². The van der Waals surface area contributed by atoms with Crippen molar-refractivity contribution in [2.45, 2.75) is 25.6 Å². The summed E-state index contributed by atoms with van der Waals surface area (Å²) in [6.45, 7) is 2.52. The van der Waals surface area contributed by atoms with E-state index in [4.69, 9.17) is 32.7 Å². The molecule has 7 heteroatoms. The van der Waals surface area contributed by atoms with Gasteiger partial charge in [0.25, 0.3) is 0 Å². The standard InChI is InChI=1S/C24H20ClN3O2S/c1-15-17(7-4-8-18(15)25)20-10-11-21(30-20)23-22(19-9-2-3-12-26-19)27-24(31)28(23)14-16-6-5-13-29-16/h2-13,22-23H,14H2,1H3,(H,27,31)/t22-,23+/m1/s1. The maximum absolute atomic E-state index is 6.38. The highest BCUT2D eigenvalue weighted by atomic mass is 35.5. The van der Waals surface area contributed by atoms with Gasteiger partial charge in [-0.25, -0.2) is 0 Å². The lowest BCUT2D eigenvalue weighted by Gasteiger charge is -2.25. The van der Waals surface area contributed by atoms with Gasteiger partial charge in [0.15, 0.2) is 5.11 Å². The molecule has 5 nitrogen and oxygen atoms in total. The van der Waals surface area contributed by atoms with Gasteiger partial charge in [-0.3, -0.25) is 4.98 Å². The molecule has 0 saturated carbocycles. The van der Waals surface area contributed by atoms with Gasteiger partial charge in [0.05, 0.1) is 24.5 Å². The van der Waals surface area contributed by atoms with E-state index in [0.29, 0.717) is 16.7 Å². The lowest BCUT2D eigenvalue weighted by Crippen LogP contribution is -2.28. The van der Waals surface area contributed by atoms with Crippen LogP contribution in [-0.2, 0) is 6.54 Å². The Morgan fingerprint density at radius 1 is 1.10 bits per heavy atom. The van der Waals surface area contributed by atoms with Crippen LogP contribution in [0.2, 0.25) is 5.02 Å². The van der Waals surface area contributed by atoms with Crippen LogP contribution in [0, 0.1) is 6.92 Å². The van der Waals surface area contributed by atoms with Crippen molar-refractivity contribution in [1.82, 2.24) is 15.2 Å². The third-order valence-corrected chi connectivity index (χ3v) is 6.32. The molecule has 1 aliphatic rings. The van der Waals surface area contributed by atoms with Gasteiger partial charge in [-0.2, -0.15) is 0 Å². The van der Waals surface area contributed by atoms with E-state index in [1.807, 2.05) is 67.6 Å².